The summed E-state index contributed by atoms with van der Waals surface area (Å²) < 4.78 is 8.37. The summed E-state index contributed by atoms with van der Waals surface area (Å²) in [6.45, 7) is 14.1. The van der Waals surface area contributed by atoms with Crippen LogP contribution >= 0.6 is 11.6 Å². The van der Waals surface area contributed by atoms with E-state index in [9.17, 15) is 4.79 Å². The van der Waals surface area contributed by atoms with Crippen molar-refractivity contribution in [3.05, 3.63) is 106 Å². The highest BCUT2D eigenvalue weighted by atomic mass is 35.5. The van der Waals surface area contributed by atoms with E-state index in [2.05, 4.69) is 117 Å². The molecule has 2 atom stereocenters. The third kappa shape index (κ3) is 5.97. The highest BCUT2D eigenvalue weighted by molar-refractivity contribution is 6.32. The summed E-state index contributed by atoms with van der Waals surface area (Å²) >= 11 is 7.25. The van der Waals surface area contributed by atoms with Gasteiger partial charge in [0.1, 0.15) is 6.54 Å². The van der Waals surface area contributed by atoms with Crippen molar-refractivity contribution < 1.29 is 14.1 Å². The molecule has 1 spiro atoms. The van der Waals surface area contributed by atoms with Crippen molar-refractivity contribution in [1.82, 2.24) is 0 Å². The molecule has 0 N–H and O–H groups in total. The van der Waals surface area contributed by atoms with Crippen LogP contribution in [0.5, 0.6) is 0 Å². The van der Waals surface area contributed by atoms with Crippen molar-refractivity contribution in [2.45, 2.75) is 129 Å². The van der Waals surface area contributed by atoms with Crippen LogP contribution in [0, 0.1) is 28.6 Å². The first kappa shape index (κ1) is 37.2. The van der Waals surface area contributed by atoms with E-state index in [1.54, 1.807) is 0 Å². The van der Waals surface area contributed by atoms with Crippen LogP contribution in [0.1, 0.15) is 129 Å². The molecule has 4 saturated carbocycles. The molecular formula is C50H62ClN2O2+. The number of para-hydroxylation sites is 2. The Hall–Kier alpha value is -3.37. The lowest BCUT2D eigenvalue weighted by molar-refractivity contribution is -0.438. The summed E-state index contributed by atoms with van der Waals surface area (Å²) in [7, 11) is 0. The summed E-state index contributed by atoms with van der Waals surface area (Å²) in [6.07, 6.45) is 24.1. The fraction of sp³-hybridized carbons (Fsp3) is 0.560. The predicted molar refractivity (Wildman–Crippen MR) is 226 cm³/mol. The second kappa shape index (κ2) is 13.9. The molecule has 5 aliphatic carbocycles. The molecule has 5 heteroatoms. The minimum atomic E-state index is -0.119. The molecule has 2 aromatic carbocycles. The number of benzene rings is 2. The number of unbranched alkanes of at least 4 members (excludes halogenated alkanes) is 2. The van der Waals surface area contributed by atoms with Gasteiger partial charge in [0.05, 0.1) is 12.0 Å². The number of anilines is 1. The van der Waals surface area contributed by atoms with E-state index in [4.69, 9.17) is 16.3 Å². The number of halogens is 1. The number of rotatable bonds is 13. The van der Waals surface area contributed by atoms with Crippen molar-refractivity contribution in [1.29, 1.82) is 0 Å². The van der Waals surface area contributed by atoms with Crippen LogP contribution in [0.25, 0.3) is 0 Å². The number of carbonyl (C=O) groups excluding carboxylic acids is 1. The number of ether oxygens (including phenoxy) is 1. The Morgan fingerprint density at radius 3 is 2.38 bits per heavy atom. The molecule has 0 radical (unpaired) electrons. The van der Waals surface area contributed by atoms with Gasteiger partial charge < -0.3 is 9.64 Å². The van der Waals surface area contributed by atoms with Gasteiger partial charge in [-0.05, 0) is 149 Å². The van der Waals surface area contributed by atoms with E-state index in [1.807, 2.05) is 0 Å². The number of hydrogen-bond donors (Lipinski definition) is 0. The van der Waals surface area contributed by atoms with Crippen LogP contribution in [0.4, 0.5) is 11.4 Å². The van der Waals surface area contributed by atoms with Crippen LogP contribution in [0.2, 0.25) is 0 Å². The van der Waals surface area contributed by atoms with Gasteiger partial charge in [-0.15, -0.1) is 0 Å². The summed E-state index contributed by atoms with van der Waals surface area (Å²) in [5, 5.41) is 0.904. The number of nitrogens with zero attached hydrogens (tertiary/aromatic N) is 2. The standard InChI is InChI=1S/C50H62ClN2O2/c1-6-52-41-19-11-9-17-39(41)47(2,3)43(52)24-22-34-15-14-16-35(46(34)51)23-25-44-48(4,5)40-18-10-12-20-42(40)53(44)27-13-7-8-21-45(54)55-28-26-49-31-37-29-36-30-38(32-49)50(36,37)33-49/h9-12,17-20,22-25,36-38H,6-8,13-16,21,26-33H2,1-5H3/q+1. The quantitative estimate of drug-likeness (QED) is 0.116. The number of hydrogen-bond acceptors (Lipinski definition) is 3. The largest absolute Gasteiger partial charge is 0.466 e. The molecule has 2 bridgehead atoms. The molecular weight excluding hydrogens is 696 g/mol. The molecule has 2 aromatic rings. The van der Waals surface area contributed by atoms with Gasteiger partial charge in [0.25, 0.3) is 0 Å². The van der Waals surface area contributed by atoms with Crippen LogP contribution in [-0.4, -0.2) is 36.0 Å². The van der Waals surface area contributed by atoms with Gasteiger partial charge in [0, 0.05) is 58.9 Å². The maximum atomic E-state index is 12.8. The number of fused-ring (bicyclic) bond motifs is 3. The molecule has 4 nitrogen and oxygen atoms in total. The van der Waals surface area contributed by atoms with E-state index >= 15 is 0 Å². The summed E-state index contributed by atoms with van der Waals surface area (Å²) in [5.41, 5.74) is 11.5. The van der Waals surface area contributed by atoms with Crippen molar-refractivity contribution in [3.63, 3.8) is 0 Å². The number of carbonyl (C=O) groups is 1. The number of allylic oxidation sites excluding steroid dienone is 8. The van der Waals surface area contributed by atoms with Gasteiger partial charge in [0.15, 0.2) is 5.71 Å². The summed E-state index contributed by atoms with van der Waals surface area (Å²) in [6, 6.07) is 17.7. The molecule has 7 aliphatic rings. The topological polar surface area (TPSA) is 32.5 Å². The lowest BCUT2D eigenvalue weighted by atomic mass is 9.38. The molecule has 2 unspecified atom stereocenters. The van der Waals surface area contributed by atoms with Crippen molar-refractivity contribution in [2.24, 2.45) is 28.6 Å². The molecule has 2 aliphatic heterocycles. The SMILES string of the molecule is CCN1C(=CC=C2CCCC(C=CC3=[N+](CCCCCC(=O)OCCC45CC6CC7CC(C4)C76C5)c4ccccc4C3(C)C)=C2Cl)C(C)(C)c2ccccc21. The maximum absolute atomic E-state index is 12.8. The van der Waals surface area contributed by atoms with E-state index in [-0.39, 0.29) is 16.8 Å². The maximum Gasteiger partial charge on any atom is 0.305 e. The van der Waals surface area contributed by atoms with Gasteiger partial charge in [0.2, 0.25) is 5.69 Å². The molecule has 2 heterocycles. The highest BCUT2D eigenvalue weighted by Crippen LogP contribution is 2.85. The van der Waals surface area contributed by atoms with Gasteiger partial charge in [-0.3, -0.25) is 4.79 Å². The monoisotopic (exact) mass is 757 g/mol. The number of likely N-dealkylation sites (N-methyl/N-ethyl adjacent to an activating group) is 1. The average molecular weight is 759 g/mol. The Morgan fingerprint density at radius 1 is 0.891 bits per heavy atom. The molecule has 0 amide bonds. The Bertz CT molecular complexity index is 2030. The smallest absolute Gasteiger partial charge is 0.305 e. The number of esters is 1. The molecule has 0 aromatic heterocycles. The van der Waals surface area contributed by atoms with Crippen molar-refractivity contribution in [3.8, 4) is 0 Å². The molecule has 290 valence electrons. The molecule has 4 fully saturated rings. The Morgan fingerprint density at radius 2 is 1.64 bits per heavy atom. The van der Waals surface area contributed by atoms with Crippen LogP contribution in [0.3, 0.4) is 0 Å². The molecule has 0 saturated heterocycles. The lowest BCUT2D eigenvalue weighted by Gasteiger charge is -2.66. The van der Waals surface area contributed by atoms with E-state index in [0.717, 1.165) is 86.2 Å². The van der Waals surface area contributed by atoms with Crippen LogP contribution in [0.15, 0.2) is 94.7 Å². The van der Waals surface area contributed by atoms with Gasteiger partial charge in [-0.2, -0.15) is 4.58 Å². The highest BCUT2D eigenvalue weighted by Gasteiger charge is 2.77. The zero-order valence-electron chi connectivity index (χ0n) is 34.1. The third-order valence-electron chi connectivity index (χ3n) is 15.9. The second-order valence-corrected chi connectivity index (χ2v) is 19.8. The zero-order chi connectivity index (χ0) is 38.2. The van der Waals surface area contributed by atoms with Crippen molar-refractivity contribution in [2.75, 3.05) is 24.6 Å². The molecule has 55 heavy (non-hydrogen) atoms. The fourth-order valence-electron chi connectivity index (χ4n) is 13.1. The summed E-state index contributed by atoms with van der Waals surface area (Å²) in [5.74, 6) is 3.06. The Labute approximate surface area is 335 Å². The fourth-order valence-corrected chi connectivity index (χ4v) is 13.4. The first-order valence-corrected chi connectivity index (χ1v) is 22.1. The summed E-state index contributed by atoms with van der Waals surface area (Å²) in [4.78, 5) is 15.2. The first-order valence-electron chi connectivity index (χ1n) is 21.7. The first-order chi connectivity index (χ1) is 26.5. The predicted octanol–water partition coefficient (Wildman–Crippen LogP) is 12.2. The van der Waals surface area contributed by atoms with E-state index < -0.39 is 0 Å². The van der Waals surface area contributed by atoms with Crippen molar-refractivity contribution >= 4 is 34.7 Å². The second-order valence-electron chi connectivity index (χ2n) is 19.4. The average Bonchev–Trinajstić information content (AvgIpc) is 3.78. The minimum Gasteiger partial charge on any atom is -0.466 e. The van der Waals surface area contributed by atoms with Gasteiger partial charge in [-0.25, -0.2) is 0 Å². The normalized spacial score (nSPS) is 32.0. The lowest BCUT2D eigenvalue weighted by Crippen LogP contribution is -2.59. The van der Waals surface area contributed by atoms with Crippen LogP contribution in [-0.2, 0) is 20.4 Å². The van der Waals surface area contributed by atoms with E-state index in [1.165, 1.54) is 77.2 Å². The molecule has 9 rings (SSSR count). The zero-order valence-corrected chi connectivity index (χ0v) is 34.8. The Balaban J connectivity index is 0.842. The van der Waals surface area contributed by atoms with Gasteiger partial charge >= 0.3 is 5.97 Å². The third-order valence-corrected chi connectivity index (χ3v) is 16.4. The van der Waals surface area contributed by atoms with Crippen LogP contribution < -0.4 is 4.90 Å². The Kier molecular flexibility index (Phi) is 9.42. The van der Waals surface area contributed by atoms with E-state index in [0.29, 0.717) is 18.4 Å². The minimum absolute atomic E-state index is 0.000740. The van der Waals surface area contributed by atoms with Gasteiger partial charge in [-0.1, -0.05) is 74.0 Å².